The van der Waals surface area contributed by atoms with Crippen molar-refractivity contribution in [2.45, 2.75) is 18.4 Å². The minimum atomic E-state index is -3.59. The molecule has 0 atom stereocenters. The molecule has 0 radical (unpaired) electrons. The molecule has 0 saturated carbocycles. The number of carbonyl (C=O) groups excluding carboxylic acids is 1. The van der Waals surface area contributed by atoms with E-state index in [1.165, 1.54) is 10.4 Å². The zero-order valence-corrected chi connectivity index (χ0v) is 20.3. The van der Waals surface area contributed by atoms with E-state index in [1.807, 2.05) is 30.3 Å². The number of anilines is 1. The van der Waals surface area contributed by atoms with Crippen LogP contribution in [0, 0.1) is 6.92 Å². The number of hydrogen-bond acceptors (Lipinski definition) is 6. The summed E-state index contributed by atoms with van der Waals surface area (Å²) in [6.45, 7) is 3.45. The molecule has 9 heteroatoms. The van der Waals surface area contributed by atoms with Gasteiger partial charge in [0.2, 0.25) is 10.0 Å². The monoisotopic (exact) mass is 496 g/mol. The molecule has 3 aromatic carbocycles. The van der Waals surface area contributed by atoms with Crippen LogP contribution in [0.1, 0.15) is 11.1 Å². The molecule has 0 aliphatic carbocycles. The maximum atomic E-state index is 12.8. The van der Waals surface area contributed by atoms with E-state index in [2.05, 4.69) is 5.32 Å². The van der Waals surface area contributed by atoms with Gasteiger partial charge in [0.05, 0.1) is 18.1 Å². The highest BCUT2D eigenvalue weighted by molar-refractivity contribution is 7.89. The third kappa shape index (κ3) is 6.60. The van der Waals surface area contributed by atoms with Crippen LogP contribution in [0.5, 0.6) is 11.5 Å². The molecule has 8 nitrogen and oxygen atoms in total. The average molecular weight is 497 g/mol. The van der Waals surface area contributed by atoms with Gasteiger partial charge in [-0.25, -0.2) is 8.42 Å². The predicted molar refractivity (Wildman–Crippen MR) is 132 cm³/mol. The summed E-state index contributed by atoms with van der Waals surface area (Å²) in [5.74, 6) is 0.823. The first kappa shape index (κ1) is 24.7. The Morgan fingerprint density at radius 2 is 1.69 bits per heavy atom. The van der Waals surface area contributed by atoms with Gasteiger partial charge in [0.15, 0.2) is 6.61 Å². The molecule has 1 heterocycles. The molecular formula is C26H28N2O6S. The third-order valence-electron chi connectivity index (χ3n) is 5.50. The quantitative estimate of drug-likeness (QED) is 0.486. The third-order valence-corrected chi connectivity index (χ3v) is 7.39. The smallest absolute Gasteiger partial charge is 0.262 e. The van der Waals surface area contributed by atoms with Gasteiger partial charge in [-0.05, 0) is 60.5 Å². The van der Waals surface area contributed by atoms with Crippen LogP contribution >= 0.6 is 0 Å². The fourth-order valence-electron chi connectivity index (χ4n) is 3.60. The van der Waals surface area contributed by atoms with Gasteiger partial charge in [0, 0.05) is 18.8 Å². The van der Waals surface area contributed by atoms with Crippen LogP contribution in [-0.2, 0) is 26.2 Å². The lowest BCUT2D eigenvalue weighted by atomic mass is 10.2. The summed E-state index contributed by atoms with van der Waals surface area (Å²) >= 11 is 0. The molecular weight excluding hydrogens is 468 g/mol. The molecule has 0 bridgehead atoms. The van der Waals surface area contributed by atoms with Crippen LogP contribution in [0.3, 0.4) is 0 Å². The van der Waals surface area contributed by atoms with Gasteiger partial charge in [-0.3, -0.25) is 4.79 Å². The highest BCUT2D eigenvalue weighted by Gasteiger charge is 2.26. The normalized spacial score (nSPS) is 14.3. The van der Waals surface area contributed by atoms with Crippen LogP contribution in [0.25, 0.3) is 0 Å². The predicted octanol–water partition coefficient (Wildman–Crippen LogP) is 3.61. The number of benzene rings is 3. The van der Waals surface area contributed by atoms with Gasteiger partial charge in [0.25, 0.3) is 5.91 Å². The molecule has 3 aromatic rings. The summed E-state index contributed by atoms with van der Waals surface area (Å²) in [7, 11) is -3.59. The first-order valence-electron chi connectivity index (χ1n) is 11.3. The highest BCUT2D eigenvalue weighted by atomic mass is 32.2. The lowest BCUT2D eigenvalue weighted by Crippen LogP contribution is -2.40. The zero-order chi connectivity index (χ0) is 24.7. The Kier molecular flexibility index (Phi) is 8.02. The molecule has 1 amide bonds. The van der Waals surface area contributed by atoms with Crippen molar-refractivity contribution >= 4 is 21.6 Å². The molecule has 1 fully saturated rings. The van der Waals surface area contributed by atoms with E-state index in [9.17, 15) is 13.2 Å². The van der Waals surface area contributed by atoms with Crippen LogP contribution < -0.4 is 14.8 Å². The van der Waals surface area contributed by atoms with Gasteiger partial charge >= 0.3 is 0 Å². The van der Waals surface area contributed by atoms with Crippen molar-refractivity contribution in [2.24, 2.45) is 0 Å². The number of amides is 1. The van der Waals surface area contributed by atoms with Crippen LogP contribution in [0.2, 0.25) is 0 Å². The fraction of sp³-hybridized carbons (Fsp3) is 0.269. The summed E-state index contributed by atoms with van der Waals surface area (Å²) in [5, 5.41) is 2.78. The molecule has 0 spiro atoms. The summed E-state index contributed by atoms with van der Waals surface area (Å²) in [6.07, 6.45) is 0. The number of ether oxygens (including phenoxy) is 3. The Morgan fingerprint density at radius 3 is 2.37 bits per heavy atom. The number of sulfonamides is 1. The van der Waals surface area contributed by atoms with Gasteiger partial charge in [-0.2, -0.15) is 4.31 Å². The van der Waals surface area contributed by atoms with E-state index in [4.69, 9.17) is 14.2 Å². The van der Waals surface area contributed by atoms with Gasteiger partial charge in [-0.15, -0.1) is 0 Å². The van der Waals surface area contributed by atoms with Crippen molar-refractivity contribution in [1.82, 2.24) is 4.31 Å². The number of rotatable bonds is 9. The number of carbonyl (C=O) groups is 1. The summed E-state index contributed by atoms with van der Waals surface area (Å²) in [5.41, 5.74) is 2.32. The molecule has 1 N–H and O–H groups in total. The Morgan fingerprint density at radius 1 is 0.971 bits per heavy atom. The van der Waals surface area contributed by atoms with Crippen molar-refractivity contribution in [3.05, 3.63) is 83.9 Å². The van der Waals surface area contributed by atoms with Crippen LogP contribution in [0.4, 0.5) is 5.69 Å². The Hall–Kier alpha value is -3.40. The van der Waals surface area contributed by atoms with E-state index < -0.39 is 10.0 Å². The van der Waals surface area contributed by atoms with E-state index in [-0.39, 0.29) is 17.4 Å². The maximum absolute atomic E-state index is 12.8. The molecule has 1 aliphatic rings. The van der Waals surface area contributed by atoms with Crippen molar-refractivity contribution < 1.29 is 27.4 Å². The second kappa shape index (κ2) is 11.4. The summed E-state index contributed by atoms with van der Waals surface area (Å²) in [6, 6.07) is 21.6. The number of hydrogen-bond donors (Lipinski definition) is 1. The second-order valence-electron chi connectivity index (χ2n) is 8.08. The summed E-state index contributed by atoms with van der Waals surface area (Å²) < 4.78 is 43.7. The average Bonchev–Trinajstić information content (AvgIpc) is 2.88. The number of aryl methyl sites for hydroxylation is 1. The summed E-state index contributed by atoms with van der Waals surface area (Å²) in [4.78, 5) is 12.5. The number of morpholine rings is 1. The topological polar surface area (TPSA) is 94.2 Å². The minimum Gasteiger partial charge on any atom is -0.489 e. The van der Waals surface area contributed by atoms with E-state index >= 15 is 0 Å². The highest BCUT2D eigenvalue weighted by Crippen LogP contribution is 2.25. The first-order valence-corrected chi connectivity index (χ1v) is 12.7. The fourth-order valence-corrected chi connectivity index (χ4v) is 5.09. The Labute approximate surface area is 205 Å². The maximum Gasteiger partial charge on any atom is 0.262 e. The molecule has 4 rings (SSSR count). The molecule has 35 heavy (non-hydrogen) atoms. The van der Waals surface area contributed by atoms with Crippen molar-refractivity contribution in [3.63, 3.8) is 0 Å². The van der Waals surface area contributed by atoms with Crippen LogP contribution in [0.15, 0.2) is 77.7 Å². The largest absolute Gasteiger partial charge is 0.489 e. The molecule has 0 aromatic heterocycles. The molecule has 0 unspecified atom stereocenters. The Balaban J connectivity index is 1.28. The SMILES string of the molecule is Cc1cc(S(=O)(=O)N2CCOCC2)ccc1OCC(=O)Nc1ccc(OCc2ccccc2)cc1. The minimum absolute atomic E-state index is 0.197. The lowest BCUT2D eigenvalue weighted by molar-refractivity contribution is -0.118. The standard InChI is InChI=1S/C26H28N2O6S/c1-20-17-24(35(30,31)28-13-15-32-16-14-28)11-12-25(20)34-19-26(29)27-22-7-9-23(10-8-22)33-18-21-5-3-2-4-6-21/h2-12,17H,13-16,18-19H2,1H3,(H,27,29). The van der Waals surface area contributed by atoms with Crippen LogP contribution in [-0.4, -0.2) is 51.5 Å². The molecule has 184 valence electrons. The van der Waals surface area contributed by atoms with E-state index in [0.29, 0.717) is 55.7 Å². The van der Waals surface area contributed by atoms with E-state index in [1.54, 1.807) is 43.3 Å². The van der Waals surface area contributed by atoms with Crippen molar-refractivity contribution in [3.8, 4) is 11.5 Å². The second-order valence-corrected chi connectivity index (χ2v) is 10.0. The first-order chi connectivity index (χ1) is 16.9. The van der Waals surface area contributed by atoms with Crippen molar-refractivity contribution in [1.29, 1.82) is 0 Å². The van der Waals surface area contributed by atoms with E-state index in [0.717, 1.165) is 5.56 Å². The number of nitrogens with zero attached hydrogens (tertiary/aromatic N) is 1. The van der Waals surface area contributed by atoms with Gasteiger partial charge in [0.1, 0.15) is 18.1 Å². The van der Waals surface area contributed by atoms with Crippen molar-refractivity contribution in [2.75, 3.05) is 38.2 Å². The molecule has 1 aliphatic heterocycles. The Bertz CT molecular complexity index is 1240. The number of nitrogens with one attached hydrogen (secondary N) is 1. The molecule has 1 saturated heterocycles. The van der Waals surface area contributed by atoms with Gasteiger partial charge < -0.3 is 19.5 Å². The zero-order valence-electron chi connectivity index (χ0n) is 19.5. The van der Waals surface area contributed by atoms with Gasteiger partial charge in [-0.1, -0.05) is 30.3 Å². The lowest BCUT2D eigenvalue weighted by Gasteiger charge is -2.26.